The van der Waals surface area contributed by atoms with Gasteiger partial charge in [-0.15, -0.1) is 0 Å². The van der Waals surface area contributed by atoms with Crippen LogP contribution in [0, 0.1) is 16.7 Å². The first-order chi connectivity index (χ1) is 16.6. The van der Waals surface area contributed by atoms with E-state index >= 15 is 0 Å². The molecule has 0 bridgehead atoms. The van der Waals surface area contributed by atoms with Crippen LogP contribution in [0.25, 0.3) is 22.0 Å². The number of benzene rings is 2. The van der Waals surface area contributed by atoms with Crippen LogP contribution in [0.2, 0.25) is 0 Å². The molecule has 3 aromatic rings. The second kappa shape index (κ2) is 9.54. The van der Waals surface area contributed by atoms with Gasteiger partial charge < -0.3 is 14.7 Å². The number of piperidine rings is 1. The van der Waals surface area contributed by atoms with Gasteiger partial charge in [0, 0.05) is 36.8 Å². The van der Waals surface area contributed by atoms with E-state index in [4.69, 9.17) is 4.74 Å². The predicted molar refractivity (Wildman–Crippen MR) is 130 cm³/mol. The van der Waals surface area contributed by atoms with Gasteiger partial charge in [-0.25, -0.2) is 0 Å². The molecule has 1 amide bonds. The highest BCUT2D eigenvalue weighted by atomic mass is 16.5. The normalized spacial score (nSPS) is 19.8. The van der Waals surface area contributed by atoms with Crippen LogP contribution in [0.4, 0.5) is 0 Å². The molecule has 174 valence electrons. The molecule has 0 unspecified atom stereocenters. The Morgan fingerprint density at radius 2 is 1.97 bits per heavy atom. The number of aliphatic hydroxyl groups is 1. The van der Waals surface area contributed by atoms with Crippen molar-refractivity contribution in [1.82, 2.24) is 9.88 Å². The molecule has 0 radical (unpaired) electrons. The van der Waals surface area contributed by atoms with E-state index in [9.17, 15) is 15.2 Å². The number of carbonyl (C=O) groups is 1. The Morgan fingerprint density at radius 1 is 1.18 bits per heavy atom. The maximum absolute atomic E-state index is 12.7. The van der Waals surface area contributed by atoms with Crippen LogP contribution in [0.15, 0.2) is 54.7 Å². The zero-order valence-corrected chi connectivity index (χ0v) is 19.2. The molecule has 2 saturated heterocycles. The van der Waals surface area contributed by atoms with E-state index in [0.717, 1.165) is 46.0 Å². The van der Waals surface area contributed by atoms with Crippen molar-refractivity contribution >= 4 is 16.8 Å². The molecule has 34 heavy (non-hydrogen) atoms. The van der Waals surface area contributed by atoms with Crippen LogP contribution in [-0.4, -0.2) is 46.7 Å². The molecule has 1 aromatic heterocycles. The van der Waals surface area contributed by atoms with Gasteiger partial charge in [-0.1, -0.05) is 42.5 Å². The fraction of sp³-hybridized carbons (Fsp3) is 0.393. The number of likely N-dealkylation sites (tertiary alicyclic amines) is 1. The molecule has 0 spiro atoms. The Hall–Kier alpha value is -3.27. The van der Waals surface area contributed by atoms with Crippen LogP contribution >= 0.6 is 0 Å². The number of aliphatic hydroxyl groups excluding tert-OH is 1. The number of nitriles is 1. The third kappa shape index (κ3) is 4.29. The van der Waals surface area contributed by atoms with Crippen molar-refractivity contribution in [3.63, 3.8) is 0 Å². The summed E-state index contributed by atoms with van der Waals surface area (Å²) in [5, 5.41) is 21.1. The Labute approximate surface area is 199 Å². The third-order valence-corrected chi connectivity index (χ3v) is 7.32. The van der Waals surface area contributed by atoms with Gasteiger partial charge in [0.1, 0.15) is 6.10 Å². The number of hydrogen-bond acceptors (Lipinski definition) is 5. The third-order valence-electron chi connectivity index (χ3n) is 7.32. The predicted octanol–water partition coefficient (Wildman–Crippen LogP) is 4.25. The van der Waals surface area contributed by atoms with Crippen LogP contribution < -0.4 is 0 Å². The fourth-order valence-electron chi connectivity index (χ4n) is 5.29. The number of carbonyl (C=O) groups excluding carboxylic acids is 1. The SMILES string of the molecule is N#CC1(Cc2ccc(-c3ccc4cccnc4c3CO)cc2)CCN(C(=O)[C@H]2CCCO2)CC1. The lowest BCUT2D eigenvalue weighted by molar-refractivity contribution is -0.142. The summed E-state index contributed by atoms with van der Waals surface area (Å²) >= 11 is 0. The van der Waals surface area contributed by atoms with Crippen molar-refractivity contribution in [2.24, 2.45) is 5.41 Å². The Balaban J connectivity index is 1.30. The number of hydrogen-bond donors (Lipinski definition) is 1. The molecule has 0 saturated carbocycles. The summed E-state index contributed by atoms with van der Waals surface area (Å²) in [7, 11) is 0. The van der Waals surface area contributed by atoms with Gasteiger partial charge in [0.05, 0.1) is 23.6 Å². The standard InChI is InChI=1S/C28H29N3O3/c29-19-28(11-14-31(15-12-28)27(33)25-4-2-16-34-25)17-20-5-7-21(8-6-20)23-10-9-22-3-1-13-30-26(22)24(23)18-32/h1,3,5-10,13,25,32H,2,4,11-12,14-18H2/t25-/m1/s1. The lowest BCUT2D eigenvalue weighted by Gasteiger charge is -2.38. The Kier molecular flexibility index (Phi) is 6.32. The average Bonchev–Trinajstić information content (AvgIpc) is 3.44. The molecule has 0 aliphatic carbocycles. The van der Waals surface area contributed by atoms with E-state index < -0.39 is 5.41 Å². The van der Waals surface area contributed by atoms with Crippen molar-refractivity contribution < 1.29 is 14.6 Å². The molecular formula is C28H29N3O3. The van der Waals surface area contributed by atoms with E-state index in [-0.39, 0.29) is 18.6 Å². The monoisotopic (exact) mass is 455 g/mol. The summed E-state index contributed by atoms with van der Waals surface area (Å²) in [6.45, 7) is 1.80. The number of rotatable bonds is 5. The summed E-state index contributed by atoms with van der Waals surface area (Å²) in [5.41, 5.74) is 4.27. The summed E-state index contributed by atoms with van der Waals surface area (Å²) in [5.74, 6) is 0.0814. The quantitative estimate of drug-likeness (QED) is 0.622. The molecule has 2 fully saturated rings. The minimum absolute atomic E-state index is 0.0793. The van der Waals surface area contributed by atoms with E-state index in [1.165, 1.54) is 0 Å². The molecule has 2 aliphatic heterocycles. The summed E-state index contributed by atoms with van der Waals surface area (Å²) < 4.78 is 5.55. The van der Waals surface area contributed by atoms with E-state index in [2.05, 4.69) is 35.3 Å². The van der Waals surface area contributed by atoms with Gasteiger partial charge >= 0.3 is 0 Å². The highest BCUT2D eigenvalue weighted by molar-refractivity contribution is 5.88. The minimum Gasteiger partial charge on any atom is -0.392 e. The second-order valence-electron chi connectivity index (χ2n) is 9.42. The molecule has 3 heterocycles. The average molecular weight is 456 g/mol. The zero-order valence-electron chi connectivity index (χ0n) is 19.2. The van der Waals surface area contributed by atoms with E-state index in [1.807, 2.05) is 29.2 Å². The smallest absolute Gasteiger partial charge is 0.251 e. The van der Waals surface area contributed by atoms with Crippen molar-refractivity contribution in [3.8, 4) is 17.2 Å². The van der Waals surface area contributed by atoms with Gasteiger partial charge in [-0.2, -0.15) is 5.26 Å². The van der Waals surface area contributed by atoms with Gasteiger partial charge in [-0.3, -0.25) is 9.78 Å². The highest BCUT2D eigenvalue weighted by Crippen LogP contribution is 2.36. The number of amides is 1. The van der Waals surface area contributed by atoms with Crippen LogP contribution in [0.5, 0.6) is 0 Å². The molecule has 5 rings (SSSR count). The summed E-state index contributed by atoms with van der Waals surface area (Å²) in [6, 6.07) is 18.8. The summed E-state index contributed by atoms with van der Waals surface area (Å²) in [6.07, 6.45) is 5.21. The first kappa shape index (κ1) is 22.5. The molecular weight excluding hydrogens is 426 g/mol. The Morgan fingerprint density at radius 3 is 2.65 bits per heavy atom. The van der Waals surface area contributed by atoms with Crippen LogP contribution in [0.3, 0.4) is 0 Å². The lowest BCUT2D eigenvalue weighted by atomic mass is 9.75. The number of aromatic nitrogens is 1. The van der Waals surface area contributed by atoms with Crippen LogP contribution in [0.1, 0.15) is 36.8 Å². The van der Waals surface area contributed by atoms with Crippen molar-refractivity contribution in [3.05, 3.63) is 65.9 Å². The van der Waals surface area contributed by atoms with Crippen molar-refractivity contribution in [1.29, 1.82) is 5.26 Å². The maximum atomic E-state index is 12.7. The van der Waals surface area contributed by atoms with Crippen molar-refractivity contribution in [2.75, 3.05) is 19.7 Å². The van der Waals surface area contributed by atoms with Gasteiger partial charge in [0.15, 0.2) is 0 Å². The molecule has 1 N–H and O–H groups in total. The number of pyridine rings is 1. The van der Waals surface area contributed by atoms with Gasteiger partial charge in [0.2, 0.25) is 0 Å². The van der Waals surface area contributed by atoms with Gasteiger partial charge in [-0.05, 0) is 54.9 Å². The number of ether oxygens (including phenoxy) is 1. The molecule has 2 aromatic carbocycles. The van der Waals surface area contributed by atoms with Crippen molar-refractivity contribution in [2.45, 2.75) is 44.8 Å². The first-order valence-corrected chi connectivity index (χ1v) is 12.0. The molecule has 6 heteroatoms. The summed E-state index contributed by atoms with van der Waals surface area (Å²) in [4.78, 5) is 19.0. The highest BCUT2D eigenvalue weighted by Gasteiger charge is 2.38. The fourth-order valence-corrected chi connectivity index (χ4v) is 5.29. The minimum atomic E-state index is -0.460. The largest absolute Gasteiger partial charge is 0.392 e. The molecule has 1 atom stereocenters. The maximum Gasteiger partial charge on any atom is 0.251 e. The Bertz CT molecular complexity index is 1220. The van der Waals surface area contributed by atoms with E-state index in [0.29, 0.717) is 39.0 Å². The molecule has 2 aliphatic rings. The topological polar surface area (TPSA) is 86.5 Å². The zero-order chi connectivity index (χ0) is 23.5. The van der Waals surface area contributed by atoms with Gasteiger partial charge in [0.25, 0.3) is 5.91 Å². The molecule has 6 nitrogen and oxygen atoms in total. The number of fused-ring (bicyclic) bond motifs is 1. The first-order valence-electron chi connectivity index (χ1n) is 12.0. The van der Waals surface area contributed by atoms with Crippen LogP contribution in [-0.2, 0) is 22.6 Å². The van der Waals surface area contributed by atoms with E-state index in [1.54, 1.807) is 6.20 Å². The number of nitrogens with zero attached hydrogens (tertiary/aromatic N) is 3. The lowest BCUT2D eigenvalue weighted by Crippen LogP contribution is -2.47. The second-order valence-corrected chi connectivity index (χ2v) is 9.42.